The number of aryl methyl sites for hydroxylation is 1. The van der Waals surface area contributed by atoms with Gasteiger partial charge in [0, 0.05) is 10.7 Å². The number of hydrogen-bond donors (Lipinski definition) is 2. The van der Waals surface area contributed by atoms with E-state index >= 15 is 0 Å². The zero-order valence-electron chi connectivity index (χ0n) is 16.0. The molecule has 5 nitrogen and oxygen atoms in total. The Morgan fingerprint density at radius 3 is 2.41 bits per heavy atom. The van der Waals surface area contributed by atoms with Crippen molar-refractivity contribution in [1.82, 2.24) is 10.2 Å². The molecular formula is C21H26ClN3O2. The van der Waals surface area contributed by atoms with Gasteiger partial charge in [-0.15, -0.1) is 0 Å². The average Bonchev–Trinajstić information content (AvgIpc) is 2.64. The molecule has 0 aliphatic heterocycles. The van der Waals surface area contributed by atoms with Gasteiger partial charge in [0.15, 0.2) is 0 Å². The van der Waals surface area contributed by atoms with Crippen LogP contribution in [0.25, 0.3) is 0 Å². The lowest BCUT2D eigenvalue weighted by atomic mass is 10.1. The summed E-state index contributed by atoms with van der Waals surface area (Å²) < 4.78 is 0. The number of amides is 2. The molecule has 2 rings (SSSR count). The second-order valence-electron chi connectivity index (χ2n) is 6.51. The number of rotatable bonds is 8. The zero-order valence-corrected chi connectivity index (χ0v) is 16.7. The Hall–Kier alpha value is -2.37. The Kier molecular flexibility index (Phi) is 7.82. The van der Waals surface area contributed by atoms with E-state index in [9.17, 15) is 9.59 Å². The molecule has 0 unspecified atom stereocenters. The Balaban J connectivity index is 1.87. The first kappa shape index (κ1) is 20.9. The van der Waals surface area contributed by atoms with Crippen LogP contribution in [0.4, 0.5) is 5.69 Å². The number of nitrogens with zero attached hydrogens (tertiary/aromatic N) is 1. The molecule has 0 aliphatic rings. The fourth-order valence-corrected chi connectivity index (χ4v) is 2.89. The highest BCUT2D eigenvalue weighted by atomic mass is 35.5. The second kappa shape index (κ2) is 10.1. The van der Waals surface area contributed by atoms with Gasteiger partial charge < -0.3 is 10.6 Å². The van der Waals surface area contributed by atoms with E-state index in [-0.39, 0.29) is 30.9 Å². The van der Waals surface area contributed by atoms with Crippen LogP contribution in [0.15, 0.2) is 48.5 Å². The normalized spacial score (nSPS) is 11.9. The Bertz CT molecular complexity index is 780. The minimum atomic E-state index is -0.175. The smallest absolute Gasteiger partial charge is 0.238 e. The van der Waals surface area contributed by atoms with Crippen molar-refractivity contribution in [2.24, 2.45) is 0 Å². The van der Waals surface area contributed by atoms with E-state index in [1.165, 1.54) is 0 Å². The largest absolute Gasteiger partial charge is 0.348 e. The average molecular weight is 388 g/mol. The van der Waals surface area contributed by atoms with Crippen molar-refractivity contribution in [2.45, 2.75) is 26.8 Å². The number of halogens is 1. The van der Waals surface area contributed by atoms with E-state index in [0.717, 1.165) is 11.1 Å². The minimum absolute atomic E-state index is 0.0830. The summed E-state index contributed by atoms with van der Waals surface area (Å²) in [4.78, 5) is 26.5. The maximum absolute atomic E-state index is 12.3. The van der Waals surface area contributed by atoms with Gasteiger partial charge in [-0.1, -0.05) is 54.9 Å². The van der Waals surface area contributed by atoms with Gasteiger partial charge in [-0.05, 0) is 43.7 Å². The molecule has 2 aromatic carbocycles. The van der Waals surface area contributed by atoms with E-state index in [1.54, 1.807) is 17.0 Å². The molecule has 1 atom stereocenters. The lowest BCUT2D eigenvalue weighted by Crippen LogP contribution is -2.41. The first-order valence-corrected chi connectivity index (χ1v) is 9.39. The maximum atomic E-state index is 12.3. The summed E-state index contributed by atoms with van der Waals surface area (Å²) >= 11 is 5.99. The highest BCUT2D eigenvalue weighted by Gasteiger charge is 2.16. The van der Waals surface area contributed by atoms with Gasteiger partial charge in [0.05, 0.1) is 19.1 Å². The van der Waals surface area contributed by atoms with Crippen molar-refractivity contribution in [3.05, 3.63) is 64.7 Å². The summed E-state index contributed by atoms with van der Waals surface area (Å²) in [5.41, 5.74) is 2.67. The maximum Gasteiger partial charge on any atom is 0.238 e. The van der Waals surface area contributed by atoms with Crippen molar-refractivity contribution in [3.8, 4) is 0 Å². The number of nitrogens with one attached hydrogen (secondary N) is 2. The van der Waals surface area contributed by atoms with Gasteiger partial charge in [-0.3, -0.25) is 14.5 Å². The molecule has 0 aromatic heterocycles. The molecule has 0 saturated carbocycles. The van der Waals surface area contributed by atoms with E-state index in [0.29, 0.717) is 17.3 Å². The van der Waals surface area contributed by atoms with E-state index in [1.807, 2.05) is 57.2 Å². The van der Waals surface area contributed by atoms with E-state index in [2.05, 4.69) is 10.6 Å². The SMILES string of the molecule is CCN(CC(=O)Nc1cc(Cl)ccc1C)CC(=O)N[C@H](C)c1ccccc1. The van der Waals surface area contributed by atoms with Crippen LogP contribution in [0.3, 0.4) is 0 Å². The second-order valence-corrected chi connectivity index (χ2v) is 6.95. The van der Waals surface area contributed by atoms with Gasteiger partial charge in [-0.2, -0.15) is 0 Å². The summed E-state index contributed by atoms with van der Waals surface area (Å²) in [5, 5.41) is 6.40. The molecule has 0 spiro atoms. The molecule has 2 amide bonds. The van der Waals surface area contributed by atoms with Gasteiger partial charge in [0.2, 0.25) is 11.8 Å². The molecule has 0 heterocycles. The van der Waals surface area contributed by atoms with Crippen molar-refractivity contribution >= 4 is 29.1 Å². The van der Waals surface area contributed by atoms with E-state index in [4.69, 9.17) is 11.6 Å². The monoisotopic (exact) mass is 387 g/mol. The molecule has 0 fully saturated rings. The molecule has 0 radical (unpaired) electrons. The summed E-state index contributed by atoms with van der Waals surface area (Å²) in [5.74, 6) is -0.286. The molecule has 2 aromatic rings. The predicted molar refractivity (Wildman–Crippen MR) is 110 cm³/mol. The van der Waals surface area contributed by atoms with Crippen LogP contribution in [0, 0.1) is 6.92 Å². The molecule has 0 saturated heterocycles. The van der Waals surface area contributed by atoms with Crippen molar-refractivity contribution in [3.63, 3.8) is 0 Å². The van der Waals surface area contributed by atoms with Gasteiger partial charge in [0.25, 0.3) is 0 Å². The van der Waals surface area contributed by atoms with Crippen LogP contribution in [0.1, 0.15) is 31.0 Å². The first-order chi connectivity index (χ1) is 12.9. The van der Waals surface area contributed by atoms with Crippen LogP contribution in [0.2, 0.25) is 5.02 Å². The Morgan fingerprint density at radius 1 is 1.07 bits per heavy atom. The van der Waals surface area contributed by atoms with Gasteiger partial charge >= 0.3 is 0 Å². The standard InChI is InChI=1S/C21H26ClN3O2/c1-4-25(13-20(26)23-16(3)17-8-6-5-7-9-17)14-21(27)24-19-12-18(22)11-10-15(19)2/h5-12,16H,4,13-14H2,1-3H3,(H,23,26)(H,24,27)/t16-/m1/s1. The highest BCUT2D eigenvalue weighted by Crippen LogP contribution is 2.20. The third-order valence-electron chi connectivity index (χ3n) is 4.33. The first-order valence-electron chi connectivity index (χ1n) is 9.01. The lowest BCUT2D eigenvalue weighted by Gasteiger charge is -2.21. The van der Waals surface area contributed by atoms with Crippen LogP contribution in [0.5, 0.6) is 0 Å². The molecule has 0 bridgehead atoms. The van der Waals surface area contributed by atoms with Gasteiger partial charge in [0.1, 0.15) is 0 Å². The third kappa shape index (κ3) is 6.70. The van der Waals surface area contributed by atoms with Crippen molar-refractivity contribution < 1.29 is 9.59 Å². The number of likely N-dealkylation sites (N-methyl/N-ethyl adjacent to an activating group) is 1. The number of carbonyl (C=O) groups excluding carboxylic acids is 2. The molecule has 27 heavy (non-hydrogen) atoms. The number of benzene rings is 2. The highest BCUT2D eigenvalue weighted by molar-refractivity contribution is 6.31. The van der Waals surface area contributed by atoms with Crippen LogP contribution >= 0.6 is 11.6 Å². The Labute approximate surface area is 165 Å². The summed E-state index contributed by atoms with van der Waals surface area (Å²) in [6.07, 6.45) is 0. The third-order valence-corrected chi connectivity index (χ3v) is 4.57. The van der Waals surface area contributed by atoms with Crippen LogP contribution < -0.4 is 10.6 Å². The Morgan fingerprint density at radius 2 is 1.74 bits per heavy atom. The van der Waals surface area contributed by atoms with Gasteiger partial charge in [-0.25, -0.2) is 0 Å². The molecular weight excluding hydrogens is 362 g/mol. The van der Waals surface area contributed by atoms with Crippen LogP contribution in [-0.2, 0) is 9.59 Å². The zero-order chi connectivity index (χ0) is 19.8. The van der Waals surface area contributed by atoms with Crippen LogP contribution in [-0.4, -0.2) is 36.3 Å². The van der Waals surface area contributed by atoms with Crippen molar-refractivity contribution in [1.29, 1.82) is 0 Å². The predicted octanol–water partition coefficient (Wildman–Crippen LogP) is 3.79. The molecule has 144 valence electrons. The minimum Gasteiger partial charge on any atom is -0.348 e. The quantitative estimate of drug-likeness (QED) is 0.724. The fraction of sp³-hybridized carbons (Fsp3) is 0.333. The fourth-order valence-electron chi connectivity index (χ4n) is 2.72. The van der Waals surface area contributed by atoms with Crippen molar-refractivity contribution in [2.75, 3.05) is 25.0 Å². The summed E-state index contributed by atoms with van der Waals surface area (Å²) in [6, 6.07) is 15.1. The molecule has 6 heteroatoms. The summed E-state index contributed by atoms with van der Waals surface area (Å²) in [6.45, 7) is 6.66. The molecule has 2 N–H and O–H groups in total. The topological polar surface area (TPSA) is 61.4 Å². The lowest BCUT2D eigenvalue weighted by molar-refractivity contribution is -0.123. The molecule has 0 aliphatic carbocycles. The summed E-state index contributed by atoms with van der Waals surface area (Å²) in [7, 11) is 0. The number of hydrogen-bond acceptors (Lipinski definition) is 3. The number of anilines is 1. The van der Waals surface area contributed by atoms with E-state index < -0.39 is 0 Å². The number of carbonyl (C=O) groups is 2.